The quantitative estimate of drug-likeness (QED) is 0.674. The summed E-state index contributed by atoms with van der Waals surface area (Å²) in [7, 11) is -3.53. The molecule has 0 saturated heterocycles. The van der Waals surface area contributed by atoms with Crippen molar-refractivity contribution in [1.82, 2.24) is 4.57 Å². The molecule has 1 N–H and O–H groups in total. The largest absolute Gasteiger partial charge is 0.308 e. The second kappa shape index (κ2) is 6.70. The first kappa shape index (κ1) is 17.2. The topological polar surface area (TPSA) is 68.2 Å². The van der Waals surface area contributed by atoms with Crippen molar-refractivity contribution in [3.05, 3.63) is 62.2 Å². The highest BCUT2D eigenvalue weighted by Gasteiger charge is 2.13. The van der Waals surface area contributed by atoms with Gasteiger partial charge in [-0.3, -0.25) is 14.1 Å². The molecule has 3 aromatic rings. The first-order valence-electron chi connectivity index (χ1n) is 7.26. The number of sulfonamides is 1. The number of halogens is 1. The molecule has 0 spiro atoms. The van der Waals surface area contributed by atoms with E-state index in [1.807, 2.05) is 13.0 Å². The minimum Gasteiger partial charge on any atom is -0.299 e. The molecule has 0 atom stereocenters. The van der Waals surface area contributed by atoms with Crippen LogP contribution < -0.4 is 9.60 Å². The Morgan fingerprint density at radius 2 is 2.00 bits per heavy atom. The lowest BCUT2D eigenvalue weighted by atomic mass is 10.2. The van der Waals surface area contributed by atoms with Gasteiger partial charge in [0, 0.05) is 11.0 Å². The third kappa shape index (κ3) is 3.71. The fraction of sp³-hybridized carbons (Fsp3) is 0.188. The molecule has 1 heterocycles. The summed E-state index contributed by atoms with van der Waals surface area (Å²) in [5, 5.41) is 0. The van der Waals surface area contributed by atoms with Gasteiger partial charge in [-0.1, -0.05) is 39.4 Å². The van der Waals surface area contributed by atoms with Crippen LogP contribution in [0.3, 0.4) is 0 Å². The molecule has 126 valence electrons. The number of aryl methyl sites for hydroxylation is 1. The van der Waals surface area contributed by atoms with Crippen LogP contribution in [0.15, 0.2) is 51.7 Å². The lowest BCUT2D eigenvalue weighted by Crippen LogP contribution is -2.15. The highest BCUT2D eigenvalue weighted by Crippen LogP contribution is 2.23. The van der Waals surface area contributed by atoms with E-state index in [1.165, 1.54) is 0 Å². The van der Waals surface area contributed by atoms with E-state index in [-0.39, 0.29) is 10.6 Å². The number of anilines is 1. The number of thiazole rings is 1. The molecule has 0 bridgehead atoms. The minimum absolute atomic E-state index is 0.0401. The summed E-state index contributed by atoms with van der Waals surface area (Å²) in [4.78, 5) is 11.8. The molecule has 0 aliphatic rings. The van der Waals surface area contributed by atoms with E-state index in [1.54, 1.807) is 41.0 Å². The Kier molecular flexibility index (Phi) is 4.80. The molecule has 8 heteroatoms. The van der Waals surface area contributed by atoms with Gasteiger partial charge < -0.3 is 0 Å². The van der Waals surface area contributed by atoms with Crippen LogP contribution in [0.25, 0.3) is 10.2 Å². The summed E-state index contributed by atoms with van der Waals surface area (Å²) in [5.74, 6) is -0.114. The molecule has 0 saturated carbocycles. The Balaban J connectivity index is 1.87. The zero-order valence-corrected chi connectivity index (χ0v) is 16.0. The van der Waals surface area contributed by atoms with Crippen molar-refractivity contribution in [1.29, 1.82) is 0 Å². The van der Waals surface area contributed by atoms with E-state index >= 15 is 0 Å². The molecule has 0 fully saturated rings. The lowest BCUT2D eigenvalue weighted by Gasteiger charge is -2.09. The molecule has 24 heavy (non-hydrogen) atoms. The first-order valence-corrected chi connectivity index (χ1v) is 10.5. The van der Waals surface area contributed by atoms with Crippen molar-refractivity contribution in [2.75, 3.05) is 4.72 Å². The second-order valence-corrected chi connectivity index (χ2v) is 8.92. The van der Waals surface area contributed by atoms with Crippen LogP contribution in [-0.2, 0) is 22.3 Å². The summed E-state index contributed by atoms with van der Waals surface area (Å²) in [6.07, 6.45) is 0. The molecule has 0 unspecified atom stereocenters. The zero-order valence-electron chi connectivity index (χ0n) is 12.8. The third-order valence-corrected chi connectivity index (χ3v) is 6.20. The summed E-state index contributed by atoms with van der Waals surface area (Å²) in [5.41, 5.74) is 1.98. The SMILES string of the molecule is CCn1c(=O)sc2cc(NS(=O)(=O)Cc3cccc(Br)c3)ccc21. The maximum Gasteiger partial charge on any atom is 0.308 e. The number of rotatable bonds is 5. The van der Waals surface area contributed by atoms with Crippen molar-refractivity contribution in [2.45, 2.75) is 19.2 Å². The summed E-state index contributed by atoms with van der Waals surface area (Å²) in [6.45, 7) is 2.50. The van der Waals surface area contributed by atoms with Gasteiger partial charge in [0.2, 0.25) is 10.0 Å². The van der Waals surface area contributed by atoms with E-state index in [0.29, 0.717) is 17.8 Å². The molecule has 0 aliphatic heterocycles. The molecule has 0 amide bonds. The number of aromatic nitrogens is 1. The van der Waals surface area contributed by atoms with Crippen molar-refractivity contribution in [3.63, 3.8) is 0 Å². The third-order valence-electron chi connectivity index (χ3n) is 3.50. The molecule has 3 rings (SSSR count). The van der Waals surface area contributed by atoms with Gasteiger partial charge in [-0.15, -0.1) is 0 Å². The van der Waals surface area contributed by atoms with E-state index in [4.69, 9.17) is 0 Å². The highest BCUT2D eigenvalue weighted by molar-refractivity contribution is 9.10. The lowest BCUT2D eigenvalue weighted by molar-refractivity contribution is 0.600. The van der Waals surface area contributed by atoms with Crippen LogP contribution in [0, 0.1) is 0 Å². The van der Waals surface area contributed by atoms with Crippen molar-refractivity contribution < 1.29 is 8.42 Å². The predicted molar refractivity (Wildman–Crippen MR) is 102 cm³/mol. The molecule has 0 radical (unpaired) electrons. The van der Waals surface area contributed by atoms with Crippen LogP contribution in [0.2, 0.25) is 0 Å². The fourth-order valence-electron chi connectivity index (χ4n) is 2.49. The van der Waals surface area contributed by atoms with E-state index in [9.17, 15) is 13.2 Å². The van der Waals surface area contributed by atoms with Crippen LogP contribution in [0.5, 0.6) is 0 Å². The maximum absolute atomic E-state index is 12.4. The van der Waals surface area contributed by atoms with E-state index < -0.39 is 10.0 Å². The van der Waals surface area contributed by atoms with Crippen molar-refractivity contribution in [2.24, 2.45) is 0 Å². The molecule has 1 aromatic heterocycles. The number of nitrogens with one attached hydrogen (secondary N) is 1. The Hall–Kier alpha value is -1.64. The minimum atomic E-state index is -3.53. The average molecular weight is 427 g/mol. The summed E-state index contributed by atoms with van der Waals surface area (Å²) in [6, 6.07) is 12.3. The Labute approximate surface area is 152 Å². The number of fused-ring (bicyclic) bond motifs is 1. The van der Waals surface area contributed by atoms with Crippen molar-refractivity contribution in [3.8, 4) is 0 Å². The van der Waals surface area contributed by atoms with E-state index in [0.717, 1.165) is 26.0 Å². The molecule has 2 aromatic carbocycles. The molecular weight excluding hydrogens is 412 g/mol. The molecule has 5 nitrogen and oxygen atoms in total. The first-order chi connectivity index (χ1) is 11.4. The zero-order chi connectivity index (χ0) is 17.3. The number of benzene rings is 2. The Morgan fingerprint density at radius 1 is 1.21 bits per heavy atom. The van der Waals surface area contributed by atoms with Gasteiger partial charge in [0.05, 0.1) is 21.7 Å². The number of hydrogen-bond donors (Lipinski definition) is 1. The second-order valence-electron chi connectivity index (χ2n) is 5.29. The Morgan fingerprint density at radius 3 is 2.71 bits per heavy atom. The number of hydrogen-bond acceptors (Lipinski definition) is 4. The van der Waals surface area contributed by atoms with E-state index in [2.05, 4.69) is 20.7 Å². The average Bonchev–Trinajstić information content (AvgIpc) is 2.80. The van der Waals surface area contributed by atoms with Crippen LogP contribution in [-0.4, -0.2) is 13.0 Å². The maximum atomic E-state index is 12.4. The fourth-order valence-corrected chi connectivity index (χ4v) is 5.11. The van der Waals surface area contributed by atoms with Gasteiger partial charge in [-0.05, 0) is 42.8 Å². The highest BCUT2D eigenvalue weighted by atomic mass is 79.9. The normalized spacial score (nSPS) is 11.8. The van der Waals surface area contributed by atoms with Gasteiger partial charge in [-0.2, -0.15) is 0 Å². The van der Waals surface area contributed by atoms with Gasteiger partial charge in [0.25, 0.3) is 0 Å². The number of nitrogens with zero attached hydrogens (tertiary/aromatic N) is 1. The predicted octanol–water partition coefficient (Wildman–Crippen LogP) is 3.79. The van der Waals surface area contributed by atoms with Gasteiger partial charge >= 0.3 is 4.87 Å². The van der Waals surface area contributed by atoms with Crippen LogP contribution in [0.4, 0.5) is 5.69 Å². The van der Waals surface area contributed by atoms with Crippen molar-refractivity contribution >= 4 is 53.2 Å². The van der Waals surface area contributed by atoms with Crippen LogP contribution >= 0.6 is 27.3 Å². The Bertz CT molecular complexity index is 1050. The van der Waals surface area contributed by atoms with Gasteiger partial charge in [-0.25, -0.2) is 8.42 Å². The smallest absolute Gasteiger partial charge is 0.299 e. The summed E-state index contributed by atoms with van der Waals surface area (Å²) < 4.78 is 30.6. The van der Waals surface area contributed by atoms with Gasteiger partial charge in [0.15, 0.2) is 0 Å². The standard InChI is InChI=1S/C16H15BrN2O3S2/c1-2-19-14-7-6-13(9-15(14)23-16(19)20)18-24(21,22)10-11-4-3-5-12(17)8-11/h3-9,18H,2,10H2,1H3. The van der Waals surface area contributed by atoms with Gasteiger partial charge in [0.1, 0.15) is 0 Å². The summed E-state index contributed by atoms with van der Waals surface area (Å²) >= 11 is 4.45. The van der Waals surface area contributed by atoms with Crippen LogP contribution in [0.1, 0.15) is 12.5 Å². The molecular formula is C16H15BrN2O3S2. The molecule has 0 aliphatic carbocycles. The monoisotopic (exact) mass is 426 g/mol.